The van der Waals surface area contributed by atoms with Gasteiger partial charge in [-0.25, -0.2) is 9.78 Å². The Labute approximate surface area is 176 Å². The van der Waals surface area contributed by atoms with Gasteiger partial charge in [-0.05, 0) is 48.5 Å². The molecule has 0 aliphatic carbocycles. The number of aromatic nitrogens is 2. The lowest BCUT2D eigenvalue weighted by molar-refractivity contribution is 0.102. The Morgan fingerprint density at radius 2 is 1.97 bits per heavy atom. The highest BCUT2D eigenvalue weighted by molar-refractivity contribution is 6.05. The van der Waals surface area contributed by atoms with Gasteiger partial charge in [0.25, 0.3) is 5.91 Å². The number of nitrogens with one attached hydrogen (secondary N) is 1. The van der Waals surface area contributed by atoms with Crippen molar-refractivity contribution in [3.63, 3.8) is 0 Å². The smallest absolute Gasteiger partial charge is 0.349 e. The Morgan fingerprint density at radius 3 is 2.81 bits per heavy atom. The third kappa shape index (κ3) is 3.53. The van der Waals surface area contributed by atoms with Gasteiger partial charge in [-0.15, -0.1) is 0 Å². The molecule has 0 fully saturated rings. The summed E-state index contributed by atoms with van der Waals surface area (Å²) >= 11 is 0. The molecular formula is C24H17N3O4. The van der Waals surface area contributed by atoms with Crippen LogP contribution in [-0.4, -0.2) is 22.4 Å². The van der Waals surface area contributed by atoms with E-state index in [4.69, 9.17) is 9.15 Å². The van der Waals surface area contributed by atoms with Crippen molar-refractivity contribution in [2.75, 3.05) is 12.4 Å². The van der Waals surface area contributed by atoms with Crippen LogP contribution in [0.3, 0.4) is 0 Å². The van der Waals surface area contributed by atoms with Crippen molar-refractivity contribution >= 4 is 28.2 Å². The highest BCUT2D eigenvalue weighted by Gasteiger charge is 2.15. The van der Waals surface area contributed by atoms with Crippen molar-refractivity contribution in [3.8, 4) is 17.0 Å². The third-order valence-corrected chi connectivity index (χ3v) is 4.96. The Hall–Kier alpha value is -4.39. The van der Waals surface area contributed by atoms with E-state index in [0.29, 0.717) is 22.4 Å². The van der Waals surface area contributed by atoms with E-state index >= 15 is 0 Å². The second-order valence-corrected chi connectivity index (χ2v) is 6.98. The van der Waals surface area contributed by atoms with E-state index in [0.717, 1.165) is 16.9 Å². The second kappa shape index (κ2) is 7.46. The molecule has 0 spiro atoms. The zero-order valence-corrected chi connectivity index (χ0v) is 16.5. The molecular weight excluding hydrogens is 394 g/mol. The maximum absolute atomic E-state index is 12.8. The summed E-state index contributed by atoms with van der Waals surface area (Å²) in [6.07, 6.45) is 3.84. The van der Waals surface area contributed by atoms with E-state index in [1.807, 2.05) is 53.2 Å². The molecule has 7 nitrogen and oxygen atoms in total. The lowest BCUT2D eigenvalue weighted by Gasteiger charge is -2.07. The van der Waals surface area contributed by atoms with Crippen LogP contribution in [0.1, 0.15) is 10.4 Å². The standard InChI is InChI=1S/C24H17N3O4/c1-30-18-8-9-21-16(12-18)13-19(24(29)31-21)23(28)25-17-6-4-5-15(11-17)20-14-27-10-3-2-7-22(27)26-20/h2-14H,1H3,(H,25,28). The van der Waals surface area contributed by atoms with Crippen LogP contribution in [0.2, 0.25) is 0 Å². The average molecular weight is 411 g/mol. The number of pyridine rings is 1. The molecule has 5 aromatic rings. The number of imidazole rings is 1. The summed E-state index contributed by atoms with van der Waals surface area (Å²) in [5.41, 5.74) is 2.60. The fraction of sp³-hybridized carbons (Fsp3) is 0.0417. The third-order valence-electron chi connectivity index (χ3n) is 4.96. The molecule has 0 saturated heterocycles. The first kappa shape index (κ1) is 18.6. The normalized spacial score (nSPS) is 11.0. The number of fused-ring (bicyclic) bond motifs is 2. The highest BCUT2D eigenvalue weighted by atomic mass is 16.5. The molecule has 5 rings (SSSR count). The summed E-state index contributed by atoms with van der Waals surface area (Å²) in [7, 11) is 1.55. The lowest BCUT2D eigenvalue weighted by atomic mass is 10.1. The topological polar surface area (TPSA) is 85.8 Å². The van der Waals surface area contributed by atoms with Crippen LogP contribution in [0.15, 0.2) is 88.3 Å². The summed E-state index contributed by atoms with van der Waals surface area (Å²) < 4.78 is 12.4. The molecule has 2 aromatic carbocycles. The van der Waals surface area contributed by atoms with Crippen LogP contribution in [0.25, 0.3) is 27.9 Å². The minimum atomic E-state index is -0.702. The number of hydrogen-bond donors (Lipinski definition) is 1. The number of benzene rings is 2. The number of rotatable bonds is 4. The zero-order chi connectivity index (χ0) is 21.4. The first-order valence-corrected chi connectivity index (χ1v) is 9.58. The van der Waals surface area contributed by atoms with Crippen LogP contribution in [0.4, 0.5) is 5.69 Å². The summed E-state index contributed by atoms with van der Waals surface area (Å²) in [5.74, 6) is 0.0542. The van der Waals surface area contributed by atoms with E-state index in [9.17, 15) is 9.59 Å². The minimum absolute atomic E-state index is 0.0844. The number of anilines is 1. The highest BCUT2D eigenvalue weighted by Crippen LogP contribution is 2.24. The molecule has 0 radical (unpaired) electrons. The maximum atomic E-state index is 12.8. The summed E-state index contributed by atoms with van der Waals surface area (Å²) in [4.78, 5) is 29.7. The number of amides is 1. The zero-order valence-electron chi connectivity index (χ0n) is 16.5. The number of methoxy groups -OCH3 is 1. The van der Waals surface area contributed by atoms with Crippen molar-refractivity contribution in [1.82, 2.24) is 9.38 Å². The molecule has 0 aliphatic heterocycles. The van der Waals surface area contributed by atoms with Gasteiger partial charge < -0.3 is 18.9 Å². The van der Waals surface area contributed by atoms with Gasteiger partial charge in [-0.1, -0.05) is 18.2 Å². The van der Waals surface area contributed by atoms with Gasteiger partial charge in [0.05, 0.1) is 12.8 Å². The maximum Gasteiger partial charge on any atom is 0.349 e. The van der Waals surface area contributed by atoms with Gasteiger partial charge in [-0.2, -0.15) is 0 Å². The van der Waals surface area contributed by atoms with Crippen molar-refractivity contribution in [3.05, 3.63) is 95.1 Å². The van der Waals surface area contributed by atoms with Crippen LogP contribution in [-0.2, 0) is 0 Å². The average Bonchev–Trinajstić information content (AvgIpc) is 3.23. The number of carbonyl (C=O) groups is 1. The van der Waals surface area contributed by atoms with E-state index in [-0.39, 0.29) is 5.56 Å². The van der Waals surface area contributed by atoms with Crippen LogP contribution >= 0.6 is 0 Å². The van der Waals surface area contributed by atoms with Gasteiger partial charge in [0, 0.05) is 29.0 Å². The predicted molar refractivity (Wildman–Crippen MR) is 118 cm³/mol. The predicted octanol–water partition coefficient (Wildman–Crippen LogP) is 4.37. The molecule has 0 bridgehead atoms. The summed E-state index contributed by atoms with van der Waals surface area (Å²) in [6, 6.07) is 19.6. The van der Waals surface area contributed by atoms with Crippen LogP contribution in [0, 0.1) is 0 Å². The molecule has 3 aromatic heterocycles. The first-order chi connectivity index (χ1) is 15.1. The SMILES string of the molecule is COc1ccc2oc(=O)c(C(=O)Nc3cccc(-c4cn5ccccc5n4)c3)cc2c1. The quantitative estimate of drug-likeness (QED) is 0.444. The summed E-state index contributed by atoms with van der Waals surface area (Å²) in [6.45, 7) is 0. The Morgan fingerprint density at radius 1 is 1.06 bits per heavy atom. The Balaban J connectivity index is 1.46. The number of hydrogen-bond acceptors (Lipinski definition) is 5. The molecule has 3 heterocycles. The summed E-state index contributed by atoms with van der Waals surface area (Å²) in [5, 5.41) is 3.37. The monoisotopic (exact) mass is 411 g/mol. The fourth-order valence-corrected chi connectivity index (χ4v) is 3.42. The Kier molecular flexibility index (Phi) is 4.48. The second-order valence-electron chi connectivity index (χ2n) is 6.98. The number of ether oxygens (including phenoxy) is 1. The number of carbonyl (C=O) groups excluding carboxylic acids is 1. The molecule has 1 amide bonds. The molecule has 0 aliphatic rings. The van der Waals surface area contributed by atoms with Gasteiger partial charge in [-0.3, -0.25) is 4.79 Å². The van der Waals surface area contributed by atoms with Crippen LogP contribution in [0.5, 0.6) is 5.75 Å². The molecule has 1 N–H and O–H groups in total. The largest absolute Gasteiger partial charge is 0.497 e. The van der Waals surface area contributed by atoms with E-state index < -0.39 is 11.5 Å². The first-order valence-electron chi connectivity index (χ1n) is 9.58. The van der Waals surface area contributed by atoms with Crippen molar-refractivity contribution in [2.45, 2.75) is 0 Å². The van der Waals surface area contributed by atoms with Gasteiger partial charge in [0.15, 0.2) is 0 Å². The van der Waals surface area contributed by atoms with Crippen LogP contribution < -0.4 is 15.7 Å². The molecule has 7 heteroatoms. The number of nitrogens with zero attached hydrogens (tertiary/aromatic N) is 2. The van der Waals surface area contributed by atoms with E-state index in [1.165, 1.54) is 6.07 Å². The molecule has 31 heavy (non-hydrogen) atoms. The molecule has 0 unspecified atom stereocenters. The lowest BCUT2D eigenvalue weighted by Crippen LogP contribution is -2.20. The van der Waals surface area contributed by atoms with Crippen molar-refractivity contribution in [1.29, 1.82) is 0 Å². The van der Waals surface area contributed by atoms with Crippen molar-refractivity contribution < 1.29 is 13.9 Å². The van der Waals surface area contributed by atoms with E-state index in [1.54, 1.807) is 31.4 Å². The van der Waals surface area contributed by atoms with Gasteiger partial charge >= 0.3 is 5.63 Å². The Bertz CT molecular complexity index is 1470. The molecule has 0 atom stereocenters. The van der Waals surface area contributed by atoms with Crippen molar-refractivity contribution in [2.24, 2.45) is 0 Å². The minimum Gasteiger partial charge on any atom is -0.497 e. The molecule has 152 valence electrons. The van der Waals surface area contributed by atoms with E-state index in [2.05, 4.69) is 10.3 Å². The van der Waals surface area contributed by atoms with Gasteiger partial charge in [0.1, 0.15) is 22.5 Å². The fourth-order valence-electron chi connectivity index (χ4n) is 3.42. The van der Waals surface area contributed by atoms with Gasteiger partial charge in [0.2, 0.25) is 0 Å². The molecule has 0 saturated carbocycles.